The molecule has 130 valence electrons. The van der Waals surface area contributed by atoms with Crippen LogP contribution < -0.4 is 0 Å². The van der Waals surface area contributed by atoms with Crippen LogP contribution in [-0.2, 0) is 20.3 Å². The van der Waals surface area contributed by atoms with Crippen LogP contribution in [0, 0.1) is 0 Å². The first-order valence-corrected chi connectivity index (χ1v) is 9.35. The van der Waals surface area contributed by atoms with Crippen molar-refractivity contribution in [2.75, 3.05) is 12.9 Å². The zero-order valence-electron chi connectivity index (χ0n) is 13.8. The van der Waals surface area contributed by atoms with Crippen molar-refractivity contribution >= 4 is 20.7 Å². The van der Waals surface area contributed by atoms with Crippen molar-refractivity contribution in [1.29, 1.82) is 0 Å². The number of rotatable bonds is 8. The molecule has 0 aliphatic rings. The summed E-state index contributed by atoms with van der Waals surface area (Å²) in [5.41, 5.74) is 1.43. The average molecular weight is 350 g/mol. The largest absolute Gasteiger partial charge is 0.379 e. The van der Waals surface area contributed by atoms with Crippen LogP contribution in [0.4, 0.5) is 0 Å². The number of pyridine rings is 1. The Kier molecular flexibility index (Phi) is 5.93. The molecule has 0 saturated heterocycles. The third-order valence-electron chi connectivity index (χ3n) is 3.90. The number of nitrogens with zero attached hydrogens (tertiary/aromatic N) is 2. The Labute approximate surface area is 142 Å². The molecule has 6 nitrogen and oxygen atoms in total. The number of para-hydroxylation sites is 1. The third kappa shape index (κ3) is 4.53. The molecule has 0 bridgehead atoms. The molecule has 2 rings (SSSR count). The van der Waals surface area contributed by atoms with E-state index in [1.54, 1.807) is 13.1 Å². The van der Waals surface area contributed by atoms with Gasteiger partial charge in [-0.05, 0) is 24.6 Å². The van der Waals surface area contributed by atoms with Crippen LogP contribution in [0.25, 0.3) is 10.9 Å². The summed E-state index contributed by atoms with van der Waals surface area (Å²) >= 11 is 0. The summed E-state index contributed by atoms with van der Waals surface area (Å²) in [5.74, 6) is -0.403. The summed E-state index contributed by atoms with van der Waals surface area (Å²) in [5, 5.41) is 11.5. The number of benzene rings is 1. The summed E-state index contributed by atoms with van der Waals surface area (Å²) in [6.45, 7) is 5.16. The fraction of sp³-hybridized carbons (Fsp3) is 0.353. The lowest BCUT2D eigenvalue weighted by atomic mass is 10.2. The van der Waals surface area contributed by atoms with E-state index in [0.717, 1.165) is 16.0 Å². The number of hydrogen-bond acceptors (Lipinski definition) is 6. The summed E-state index contributed by atoms with van der Waals surface area (Å²) in [7, 11) is -2.02. The Morgan fingerprint density at radius 1 is 1.42 bits per heavy atom. The van der Waals surface area contributed by atoms with Crippen LogP contribution in [0.2, 0.25) is 0 Å². The minimum absolute atomic E-state index is 0.150. The van der Waals surface area contributed by atoms with Crippen LogP contribution in [0.1, 0.15) is 12.5 Å². The molecule has 1 aromatic carbocycles. The van der Waals surface area contributed by atoms with Crippen molar-refractivity contribution in [3.63, 3.8) is 0 Å². The molecule has 2 atom stereocenters. The lowest BCUT2D eigenvalue weighted by molar-refractivity contribution is -0.110. The maximum absolute atomic E-state index is 12.5. The normalized spacial score (nSPS) is 14.3. The maximum atomic E-state index is 12.5. The van der Waals surface area contributed by atoms with Gasteiger partial charge >= 0.3 is 0 Å². The van der Waals surface area contributed by atoms with Crippen LogP contribution in [0.15, 0.2) is 49.3 Å². The number of hydrogen-bond donors (Lipinski definition) is 1. The summed E-state index contributed by atoms with van der Waals surface area (Å²) in [4.78, 5) is 4.28. The highest BCUT2D eigenvalue weighted by Gasteiger charge is 2.28. The molecule has 7 heteroatoms. The molecule has 0 aliphatic heterocycles. The van der Waals surface area contributed by atoms with Gasteiger partial charge in [-0.15, -0.1) is 0 Å². The molecule has 0 radical (unpaired) electrons. The van der Waals surface area contributed by atoms with Crippen molar-refractivity contribution in [2.24, 2.45) is 0 Å². The number of hydroxylamine groups is 2. The van der Waals surface area contributed by atoms with Gasteiger partial charge in [-0.2, -0.15) is 0 Å². The monoisotopic (exact) mass is 350 g/mol. The molecule has 24 heavy (non-hydrogen) atoms. The van der Waals surface area contributed by atoms with Crippen LogP contribution >= 0.6 is 0 Å². The van der Waals surface area contributed by atoms with E-state index in [4.69, 9.17) is 4.74 Å². The van der Waals surface area contributed by atoms with Gasteiger partial charge in [0.15, 0.2) is 9.84 Å². The van der Waals surface area contributed by atoms with E-state index in [1.807, 2.05) is 30.3 Å². The minimum atomic E-state index is -3.48. The van der Waals surface area contributed by atoms with Crippen molar-refractivity contribution < 1.29 is 18.4 Å². The van der Waals surface area contributed by atoms with Crippen molar-refractivity contribution in [2.45, 2.75) is 24.8 Å². The highest BCUT2D eigenvalue weighted by molar-refractivity contribution is 7.90. The first kappa shape index (κ1) is 18.4. The van der Waals surface area contributed by atoms with E-state index < -0.39 is 22.0 Å². The topological polar surface area (TPSA) is 79.7 Å². The van der Waals surface area contributed by atoms with Gasteiger partial charge in [-0.1, -0.05) is 24.8 Å². The van der Waals surface area contributed by atoms with E-state index in [9.17, 15) is 13.6 Å². The van der Waals surface area contributed by atoms with E-state index in [1.165, 1.54) is 13.3 Å². The number of sulfone groups is 1. The molecule has 0 saturated carbocycles. The first-order valence-electron chi connectivity index (χ1n) is 7.53. The Morgan fingerprint density at radius 2 is 2.12 bits per heavy atom. The molecule has 0 amide bonds. The highest BCUT2D eigenvalue weighted by Crippen LogP contribution is 2.17. The predicted molar refractivity (Wildman–Crippen MR) is 93.3 cm³/mol. The Bertz CT molecular complexity index is 807. The predicted octanol–water partition coefficient (Wildman–Crippen LogP) is 2.39. The van der Waals surface area contributed by atoms with Crippen LogP contribution in [0.3, 0.4) is 0 Å². The first-order chi connectivity index (χ1) is 11.4. The van der Waals surface area contributed by atoms with Gasteiger partial charge in [0, 0.05) is 24.9 Å². The molecular formula is C17H22N2O4S. The summed E-state index contributed by atoms with van der Waals surface area (Å²) in [6.07, 6.45) is 2.27. The molecule has 1 aromatic heterocycles. The second-order valence-electron chi connectivity index (χ2n) is 5.66. The van der Waals surface area contributed by atoms with Gasteiger partial charge in [0.2, 0.25) is 0 Å². The highest BCUT2D eigenvalue weighted by atomic mass is 32.2. The van der Waals surface area contributed by atoms with Gasteiger partial charge < -0.3 is 4.74 Å². The van der Waals surface area contributed by atoms with Gasteiger partial charge in [0.05, 0.1) is 29.2 Å². The number of methoxy groups -OCH3 is 1. The molecule has 1 N–H and O–H groups in total. The van der Waals surface area contributed by atoms with E-state index in [0.29, 0.717) is 5.56 Å². The van der Waals surface area contributed by atoms with E-state index in [-0.39, 0.29) is 11.5 Å². The molecule has 1 unspecified atom stereocenters. The van der Waals surface area contributed by atoms with Crippen LogP contribution in [0.5, 0.6) is 0 Å². The molecule has 0 fully saturated rings. The SMILES string of the molecule is C=CN(O)C(CS(=O)(=O)Cc1cnc2ccccc2c1)[C@@H](C)OC. The minimum Gasteiger partial charge on any atom is -0.379 e. The lowest BCUT2D eigenvalue weighted by Crippen LogP contribution is -2.43. The second kappa shape index (κ2) is 7.74. The fourth-order valence-electron chi connectivity index (χ4n) is 2.49. The molecular weight excluding hydrogens is 328 g/mol. The number of ether oxygens (including phenoxy) is 1. The zero-order valence-corrected chi connectivity index (χ0v) is 14.6. The standard InChI is InChI=1S/C17H22N2O4S/c1-4-19(20)17(13(2)23-3)12-24(21,22)11-14-9-15-7-5-6-8-16(15)18-10-14/h4-10,13,17,20H,1,11-12H2,2-3H3/t13-,17?/m1/s1. The number of aromatic nitrogens is 1. The second-order valence-corrected chi connectivity index (χ2v) is 7.77. The summed E-state index contributed by atoms with van der Waals surface area (Å²) in [6, 6.07) is 8.61. The summed E-state index contributed by atoms with van der Waals surface area (Å²) < 4.78 is 30.2. The molecule has 2 aromatic rings. The lowest BCUT2D eigenvalue weighted by Gasteiger charge is -2.28. The Morgan fingerprint density at radius 3 is 2.79 bits per heavy atom. The maximum Gasteiger partial charge on any atom is 0.156 e. The van der Waals surface area contributed by atoms with Gasteiger partial charge in [-0.25, -0.2) is 8.42 Å². The molecule has 0 aliphatic carbocycles. The van der Waals surface area contributed by atoms with E-state index in [2.05, 4.69) is 11.6 Å². The molecule has 0 spiro atoms. The van der Waals surface area contributed by atoms with Gasteiger partial charge in [0.25, 0.3) is 0 Å². The smallest absolute Gasteiger partial charge is 0.156 e. The Hall–Kier alpha value is -1.96. The van der Waals surface area contributed by atoms with Crippen molar-refractivity contribution in [3.8, 4) is 0 Å². The van der Waals surface area contributed by atoms with Gasteiger partial charge in [0.1, 0.15) is 0 Å². The average Bonchev–Trinajstić information content (AvgIpc) is 2.58. The van der Waals surface area contributed by atoms with Gasteiger partial charge in [-0.3, -0.25) is 15.3 Å². The third-order valence-corrected chi connectivity index (χ3v) is 5.52. The van der Waals surface area contributed by atoms with E-state index >= 15 is 0 Å². The zero-order chi connectivity index (χ0) is 17.7. The fourth-order valence-corrected chi connectivity index (χ4v) is 4.22. The quantitative estimate of drug-likeness (QED) is 0.737. The van der Waals surface area contributed by atoms with Crippen molar-refractivity contribution in [1.82, 2.24) is 10.0 Å². The Balaban J connectivity index is 2.20. The molecule has 1 heterocycles. The number of fused-ring (bicyclic) bond motifs is 1. The van der Waals surface area contributed by atoms with Crippen LogP contribution in [-0.4, -0.2) is 48.7 Å². The van der Waals surface area contributed by atoms with Crippen molar-refractivity contribution in [3.05, 3.63) is 54.9 Å².